The van der Waals surface area contributed by atoms with E-state index in [1.165, 1.54) is 5.56 Å². The molecule has 0 aliphatic heterocycles. The molecule has 1 heterocycles. The third-order valence-corrected chi connectivity index (χ3v) is 3.54. The van der Waals surface area contributed by atoms with Gasteiger partial charge in [0.2, 0.25) is 0 Å². The smallest absolute Gasteiger partial charge is 0.0704 e. The van der Waals surface area contributed by atoms with Crippen LogP contribution in [0.15, 0.2) is 36.5 Å². The van der Waals surface area contributed by atoms with Gasteiger partial charge < -0.3 is 0 Å². The summed E-state index contributed by atoms with van der Waals surface area (Å²) in [5.74, 6) is 0. The molecule has 0 radical (unpaired) electrons. The highest BCUT2D eigenvalue weighted by Gasteiger charge is 2.13. The van der Waals surface area contributed by atoms with Gasteiger partial charge in [-0.15, -0.1) is 0 Å². The molecule has 0 saturated heterocycles. The van der Waals surface area contributed by atoms with Crippen LogP contribution in [-0.4, -0.2) is 4.98 Å². The van der Waals surface area contributed by atoms with Gasteiger partial charge in [-0.05, 0) is 35.1 Å². The van der Waals surface area contributed by atoms with E-state index in [1.54, 1.807) is 0 Å². The van der Waals surface area contributed by atoms with Crippen LogP contribution in [-0.2, 0) is 11.8 Å². The molecule has 0 saturated carbocycles. The van der Waals surface area contributed by atoms with E-state index < -0.39 is 0 Å². The lowest BCUT2D eigenvalue weighted by molar-refractivity contribution is 0.590. The minimum atomic E-state index is 0.165. The maximum atomic E-state index is 8.76. The molecule has 0 fully saturated rings. The molecule has 1 aromatic carbocycles. The predicted molar refractivity (Wildman–Crippen MR) is 82.4 cm³/mol. The van der Waals surface area contributed by atoms with E-state index in [4.69, 9.17) is 5.26 Å². The molecule has 0 aliphatic rings. The fourth-order valence-electron chi connectivity index (χ4n) is 2.15. The van der Waals surface area contributed by atoms with E-state index >= 15 is 0 Å². The van der Waals surface area contributed by atoms with Crippen LogP contribution < -0.4 is 0 Å². The summed E-state index contributed by atoms with van der Waals surface area (Å²) < 4.78 is 0. The molecule has 20 heavy (non-hydrogen) atoms. The van der Waals surface area contributed by atoms with Crippen molar-refractivity contribution in [3.63, 3.8) is 0 Å². The molecule has 2 heteroatoms. The first-order chi connectivity index (χ1) is 9.41. The molecule has 102 valence electrons. The molecule has 0 aliphatic carbocycles. The van der Waals surface area contributed by atoms with Crippen molar-refractivity contribution in [3.05, 3.63) is 53.2 Å². The van der Waals surface area contributed by atoms with Gasteiger partial charge >= 0.3 is 0 Å². The van der Waals surface area contributed by atoms with Gasteiger partial charge in [0.25, 0.3) is 0 Å². The Hall–Kier alpha value is -2.14. The highest BCUT2D eigenvalue weighted by Crippen LogP contribution is 2.26. The Balaban J connectivity index is 2.33. The molecule has 0 amide bonds. The standard InChI is InChI=1S/C18H20N2/c1-13-11-17(20-12-15(13)9-10-19)14-5-7-16(8-6-14)18(2,3)4/h5-8,11-12H,9H2,1-4H3. The fraction of sp³-hybridized carbons (Fsp3) is 0.333. The van der Waals surface area contributed by atoms with Gasteiger partial charge in [0.05, 0.1) is 18.2 Å². The molecule has 0 spiro atoms. The molecule has 0 bridgehead atoms. The summed E-state index contributed by atoms with van der Waals surface area (Å²) in [4.78, 5) is 4.47. The average Bonchev–Trinajstić information content (AvgIpc) is 2.40. The molecular formula is C18H20N2. The Labute approximate surface area is 121 Å². The summed E-state index contributed by atoms with van der Waals surface area (Å²) in [5.41, 5.74) is 5.69. The Bertz CT molecular complexity index is 641. The second kappa shape index (κ2) is 5.46. The minimum Gasteiger partial charge on any atom is -0.256 e. The van der Waals surface area contributed by atoms with Crippen LogP contribution in [0.1, 0.15) is 37.5 Å². The number of aryl methyl sites for hydroxylation is 1. The van der Waals surface area contributed by atoms with Crippen molar-refractivity contribution in [2.24, 2.45) is 0 Å². The van der Waals surface area contributed by atoms with E-state index in [-0.39, 0.29) is 5.41 Å². The quantitative estimate of drug-likeness (QED) is 0.805. The summed E-state index contributed by atoms with van der Waals surface area (Å²) in [6.45, 7) is 8.66. The summed E-state index contributed by atoms with van der Waals surface area (Å²) in [6.07, 6.45) is 2.23. The number of rotatable bonds is 2. The normalized spacial score (nSPS) is 11.2. The lowest BCUT2D eigenvalue weighted by atomic mass is 9.86. The summed E-state index contributed by atoms with van der Waals surface area (Å²) in [6, 6.07) is 12.8. The lowest BCUT2D eigenvalue weighted by Crippen LogP contribution is -2.10. The number of hydrogen-bond donors (Lipinski definition) is 0. The topological polar surface area (TPSA) is 36.7 Å². The third kappa shape index (κ3) is 3.05. The number of hydrogen-bond acceptors (Lipinski definition) is 2. The first-order valence-corrected chi connectivity index (χ1v) is 6.85. The Kier molecular flexibility index (Phi) is 3.90. The molecule has 0 atom stereocenters. The van der Waals surface area contributed by atoms with E-state index in [1.807, 2.05) is 13.1 Å². The van der Waals surface area contributed by atoms with Gasteiger partial charge in [0.1, 0.15) is 0 Å². The van der Waals surface area contributed by atoms with Crippen molar-refractivity contribution in [3.8, 4) is 17.3 Å². The summed E-state index contributed by atoms with van der Waals surface area (Å²) in [5, 5.41) is 8.76. The van der Waals surface area contributed by atoms with E-state index in [9.17, 15) is 0 Å². The van der Waals surface area contributed by atoms with Crippen LogP contribution in [0.4, 0.5) is 0 Å². The van der Waals surface area contributed by atoms with Crippen LogP contribution in [0, 0.1) is 18.3 Å². The summed E-state index contributed by atoms with van der Waals surface area (Å²) >= 11 is 0. The maximum absolute atomic E-state index is 8.76. The van der Waals surface area contributed by atoms with Crippen LogP contribution in [0.3, 0.4) is 0 Å². The fourth-order valence-corrected chi connectivity index (χ4v) is 2.15. The minimum absolute atomic E-state index is 0.165. The zero-order valence-corrected chi connectivity index (χ0v) is 12.6. The second-order valence-corrected chi connectivity index (χ2v) is 6.16. The zero-order valence-electron chi connectivity index (χ0n) is 12.6. The molecule has 0 N–H and O–H groups in total. The molecule has 2 nitrogen and oxygen atoms in total. The largest absolute Gasteiger partial charge is 0.256 e. The van der Waals surface area contributed by atoms with Crippen molar-refractivity contribution in [1.82, 2.24) is 4.98 Å². The molecule has 2 aromatic rings. The highest BCUT2D eigenvalue weighted by atomic mass is 14.7. The number of aromatic nitrogens is 1. The van der Waals surface area contributed by atoms with Crippen molar-refractivity contribution in [2.75, 3.05) is 0 Å². The van der Waals surface area contributed by atoms with Crippen molar-refractivity contribution >= 4 is 0 Å². The SMILES string of the molecule is Cc1cc(-c2ccc(C(C)(C)C)cc2)ncc1CC#N. The molecular weight excluding hydrogens is 244 g/mol. The van der Waals surface area contributed by atoms with Crippen molar-refractivity contribution in [2.45, 2.75) is 39.5 Å². The van der Waals surface area contributed by atoms with Gasteiger partial charge in [-0.1, -0.05) is 45.0 Å². The Morgan fingerprint density at radius 3 is 2.30 bits per heavy atom. The van der Waals surface area contributed by atoms with Gasteiger partial charge in [-0.25, -0.2) is 0 Å². The van der Waals surface area contributed by atoms with Crippen LogP contribution in [0.2, 0.25) is 0 Å². The number of benzene rings is 1. The van der Waals surface area contributed by atoms with Gasteiger partial charge in [0, 0.05) is 11.8 Å². The van der Waals surface area contributed by atoms with Crippen LogP contribution in [0.5, 0.6) is 0 Å². The van der Waals surface area contributed by atoms with E-state index in [0.29, 0.717) is 6.42 Å². The Morgan fingerprint density at radius 2 is 1.80 bits per heavy atom. The van der Waals surface area contributed by atoms with Crippen LogP contribution >= 0.6 is 0 Å². The average molecular weight is 264 g/mol. The second-order valence-electron chi connectivity index (χ2n) is 6.16. The number of nitrogens with zero attached hydrogens (tertiary/aromatic N) is 2. The molecule has 0 unspecified atom stereocenters. The van der Waals surface area contributed by atoms with Gasteiger partial charge in [0.15, 0.2) is 0 Å². The van der Waals surface area contributed by atoms with Gasteiger partial charge in [-0.2, -0.15) is 5.26 Å². The number of pyridine rings is 1. The maximum Gasteiger partial charge on any atom is 0.0704 e. The van der Waals surface area contributed by atoms with Crippen LogP contribution in [0.25, 0.3) is 11.3 Å². The van der Waals surface area contributed by atoms with E-state index in [0.717, 1.165) is 22.4 Å². The Morgan fingerprint density at radius 1 is 1.15 bits per heavy atom. The molecule has 1 aromatic heterocycles. The van der Waals surface area contributed by atoms with Crippen molar-refractivity contribution < 1.29 is 0 Å². The predicted octanol–water partition coefficient (Wildman–Crippen LogP) is 4.42. The summed E-state index contributed by atoms with van der Waals surface area (Å²) in [7, 11) is 0. The van der Waals surface area contributed by atoms with Crippen molar-refractivity contribution in [1.29, 1.82) is 5.26 Å². The first kappa shape index (κ1) is 14.3. The lowest BCUT2D eigenvalue weighted by Gasteiger charge is -2.19. The van der Waals surface area contributed by atoms with Gasteiger partial charge in [-0.3, -0.25) is 4.98 Å². The highest BCUT2D eigenvalue weighted by molar-refractivity contribution is 5.61. The zero-order chi connectivity index (χ0) is 14.8. The molecule has 2 rings (SSSR count). The van der Waals surface area contributed by atoms with E-state index in [2.05, 4.69) is 62.2 Å². The third-order valence-electron chi connectivity index (χ3n) is 3.54. The monoisotopic (exact) mass is 264 g/mol. The first-order valence-electron chi connectivity index (χ1n) is 6.85. The number of nitriles is 1.